The summed E-state index contributed by atoms with van der Waals surface area (Å²) in [6.45, 7) is 2.91. The highest BCUT2D eigenvalue weighted by molar-refractivity contribution is 7.82. The monoisotopic (exact) mass is 524 g/mol. The zero-order chi connectivity index (χ0) is 24.0. The number of hydroxylamine groups is 3. The van der Waals surface area contributed by atoms with Crippen molar-refractivity contribution >= 4 is 58.8 Å². The van der Waals surface area contributed by atoms with Gasteiger partial charge >= 0.3 is 0 Å². The molecule has 0 aliphatic carbocycles. The molecule has 1 fully saturated rings. The Hall–Kier alpha value is -1.81. The maximum absolute atomic E-state index is 12.7. The van der Waals surface area contributed by atoms with Crippen molar-refractivity contribution in [2.75, 3.05) is 18.8 Å². The Labute approximate surface area is 213 Å². The first-order chi connectivity index (χ1) is 15.6. The van der Waals surface area contributed by atoms with Crippen LogP contribution in [0, 0.1) is 5.21 Å². The van der Waals surface area contributed by atoms with Crippen molar-refractivity contribution in [2.24, 2.45) is 0 Å². The minimum absolute atomic E-state index is 0.0367. The van der Waals surface area contributed by atoms with Crippen LogP contribution in [0.2, 0.25) is 10.0 Å². The third-order valence-electron chi connectivity index (χ3n) is 5.31. The lowest BCUT2D eigenvalue weighted by molar-refractivity contribution is -0.898. The number of nitrogens with zero attached hydrogens (tertiary/aromatic N) is 2. The normalized spacial score (nSPS) is 20.0. The molecule has 1 aromatic heterocycles. The second-order valence-corrected chi connectivity index (χ2v) is 10.4. The van der Waals surface area contributed by atoms with Gasteiger partial charge in [-0.1, -0.05) is 41.4 Å². The van der Waals surface area contributed by atoms with Gasteiger partial charge in [-0.25, -0.2) is 4.98 Å². The Kier molecular flexibility index (Phi) is 9.03. The second kappa shape index (κ2) is 11.6. The minimum atomic E-state index is -0.270. The van der Waals surface area contributed by atoms with Crippen LogP contribution in [0.1, 0.15) is 25.3 Å². The number of rotatable bonds is 4. The van der Waals surface area contributed by atoms with E-state index in [1.54, 1.807) is 12.1 Å². The van der Waals surface area contributed by atoms with Crippen molar-refractivity contribution in [1.82, 2.24) is 10.3 Å². The molecule has 10 heteroatoms. The number of amides is 1. The van der Waals surface area contributed by atoms with E-state index >= 15 is 0 Å². The van der Waals surface area contributed by atoms with Gasteiger partial charge < -0.3 is 20.9 Å². The standard InChI is InChI=1S/C14H18Cl2N2O2.C9H8N2S2/c1-10(19)17-12-4-6-18(20,7-5-12)9-11-2-3-13(15)14(16)8-11;10-7-3-1-2-6(4-7)8-5-13-9(12)11-8/h2-3,8,12H,4-7,9H2,1H3,(H,17,19);1-5H,10H2,(H,11,12). The summed E-state index contributed by atoms with van der Waals surface area (Å²) < 4.78 is 0.506. The van der Waals surface area contributed by atoms with Crippen molar-refractivity contribution in [3.8, 4) is 11.3 Å². The maximum atomic E-state index is 12.7. The number of aromatic nitrogens is 1. The van der Waals surface area contributed by atoms with Gasteiger partial charge in [0.25, 0.3) is 0 Å². The van der Waals surface area contributed by atoms with Gasteiger partial charge in [0.1, 0.15) is 10.9 Å². The Morgan fingerprint density at radius 2 is 1.97 bits per heavy atom. The zero-order valence-corrected chi connectivity index (χ0v) is 21.4. The van der Waals surface area contributed by atoms with Crippen LogP contribution in [0.3, 0.4) is 0 Å². The van der Waals surface area contributed by atoms with Crippen LogP contribution in [0.15, 0.2) is 52.2 Å². The van der Waals surface area contributed by atoms with Gasteiger partial charge in [0.05, 0.1) is 28.8 Å². The zero-order valence-electron chi connectivity index (χ0n) is 18.1. The van der Waals surface area contributed by atoms with E-state index in [0.29, 0.717) is 42.5 Å². The number of anilines is 1. The lowest BCUT2D eigenvalue weighted by Crippen LogP contribution is -2.52. The second-order valence-electron chi connectivity index (χ2n) is 8.03. The molecule has 176 valence electrons. The molecule has 0 bridgehead atoms. The highest BCUT2D eigenvalue weighted by Gasteiger charge is 2.27. The van der Waals surface area contributed by atoms with Gasteiger partial charge in [0.15, 0.2) is 0 Å². The number of nitrogens with one attached hydrogen (secondary N) is 1. The van der Waals surface area contributed by atoms with Crippen molar-refractivity contribution < 1.29 is 9.44 Å². The summed E-state index contributed by atoms with van der Waals surface area (Å²) in [6.07, 6.45) is 1.43. The number of benzene rings is 2. The first kappa shape index (κ1) is 25.8. The van der Waals surface area contributed by atoms with Crippen LogP contribution in [-0.2, 0) is 11.3 Å². The summed E-state index contributed by atoms with van der Waals surface area (Å²) >= 11 is 17.5. The number of carbonyl (C=O) groups is 1. The Balaban J connectivity index is 0.000000203. The van der Waals surface area contributed by atoms with E-state index in [-0.39, 0.29) is 16.6 Å². The number of hydrogen-bond donors (Lipinski definition) is 3. The molecule has 1 aliphatic rings. The molecular formula is C23H26Cl2N4O2S2. The summed E-state index contributed by atoms with van der Waals surface area (Å²) in [4.78, 5) is 15.3. The van der Waals surface area contributed by atoms with Gasteiger partial charge in [-0.05, 0) is 24.3 Å². The molecule has 4 rings (SSSR count). The van der Waals surface area contributed by atoms with E-state index in [1.807, 2.05) is 35.7 Å². The fourth-order valence-corrected chi connectivity index (χ4v) is 4.84. The predicted molar refractivity (Wildman–Crippen MR) is 140 cm³/mol. The third kappa shape index (κ3) is 7.88. The van der Waals surface area contributed by atoms with Crippen molar-refractivity contribution in [2.45, 2.75) is 36.7 Å². The van der Waals surface area contributed by atoms with Crippen LogP contribution < -0.4 is 11.1 Å². The lowest BCUT2D eigenvalue weighted by Gasteiger charge is -2.47. The highest BCUT2D eigenvalue weighted by Crippen LogP contribution is 2.27. The predicted octanol–water partition coefficient (Wildman–Crippen LogP) is 5.79. The van der Waals surface area contributed by atoms with E-state index in [0.717, 1.165) is 26.8 Å². The summed E-state index contributed by atoms with van der Waals surface area (Å²) in [5.74, 6) is -0.0367. The molecule has 2 heterocycles. The molecule has 33 heavy (non-hydrogen) atoms. The molecule has 6 nitrogen and oxygen atoms in total. The first-order valence-corrected chi connectivity index (χ1v) is 12.5. The van der Waals surface area contributed by atoms with Crippen LogP contribution in [-0.4, -0.2) is 34.7 Å². The Morgan fingerprint density at radius 1 is 1.24 bits per heavy atom. The topological polar surface area (TPSA) is 91.1 Å². The first-order valence-electron chi connectivity index (χ1n) is 10.4. The van der Waals surface area contributed by atoms with Gasteiger partial charge in [0, 0.05) is 48.0 Å². The lowest BCUT2D eigenvalue weighted by atomic mass is 10.0. The molecule has 0 radical (unpaired) electrons. The number of nitrogen functional groups attached to an aromatic ring is 1. The number of hydrogen-bond acceptors (Lipinski definition) is 6. The molecule has 0 atom stereocenters. The summed E-state index contributed by atoms with van der Waals surface area (Å²) in [5, 5.41) is 18.5. The number of quaternary nitrogens is 1. The van der Waals surface area contributed by atoms with Crippen LogP contribution in [0.4, 0.5) is 5.69 Å². The number of thiol groups is 1. The molecule has 0 unspecified atom stereocenters. The Bertz CT molecular complexity index is 1100. The maximum Gasteiger partial charge on any atom is 0.217 e. The van der Waals surface area contributed by atoms with E-state index < -0.39 is 0 Å². The van der Waals surface area contributed by atoms with E-state index in [4.69, 9.17) is 28.9 Å². The van der Waals surface area contributed by atoms with E-state index in [9.17, 15) is 10.0 Å². The molecule has 3 aromatic rings. The molecule has 1 amide bonds. The molecule has 0 spiro atoms. The molecule has 2 aromatic carbocycles. The van der Waals surface area contributed by atoms with Gasteiger partial charge in [-0.15, -0.1) is 24.0 Å². The largest absolute Gasteiger partial charge is 0.633 e. The summed E-state index contributed by atoms with van der Waals surface area (Å²) in [6, 6.07) is 13.1. The van der Waals surface area contributed by atoms with Crippen molar-refractivity contribution in [1.29, 1.82) is 0 Å². The van der Waals surface area contributed by atoms with E-state index in [2.05, 4.69) is 22.9 Å². The fraction of sp³-hybridized carbons (Fsp3) is 0.304. The quantitative estimate of drug-likeness (QED) is 0.174. The smallest absolute Gasteiger partial charge is 0.217 e. The molecular weight excluding hydrogens is 499 g/mol. The summed E-state index contributed by atoms with van der Waals surface area (Å²) in [7, 11) is 0. The fourth-order valence-electron chi connectivity index (χ4n) is 3.69. The van der Waals surface area contributed by atoms with Gasteiger partial charge in [-0.2, -0.15) is 0 Å². The number of nitrogens with two attached hydrogens (primary N) is 1. The molecule has 0 saturated carbocycles. The van der Waals surface area contributed by atoms with E-state index in [1.165, 1.54) is 18.3 Å². The number of likely N-dealkylation sites (tertiary alicyclic amines) is 1. The van der Waals surface area contributed by atoms with Crippen LogP contribution in [0.5, 0.6) is 0 Å². The average Bonchev–Trinajstić information content (AvgIpc) is 3.19. The Morgan fingerprint density at radius 3 is 2.55 bits per heavy atom. The molecule has 1 saturated heterocycles. The minimum Gasteiger partial charge on any atom is -0.633 e. The van der Waals surface area contributed by atoms with Crippen molar-refractivity contribution in [3.63, 3.8) is 0 Å². The number of halogens is 2. The number of carbonyl (C=O) groups excluding carboxylic acids is 1. The SMILES string of the molecule is CC(=O)NC1CC[N+]([O-])(Cc2ccc(Cl)c(Cl)c2)CC1.Nc1cccc(-c2csc(S)n2)c1. The van der Waals surface area contributed by atoms with Crippen molar-refractivity contribution in [3.05, 3.63) is 68.7 Å². The van der Waals surface area contributed by atoms with Gasteiger partial charge in [-0.3, -0.25) is 4.79 Å². The molecule has 1 aliphatic heterocycles. The summed E-state index contributed by atoms with van der Waals surface area (Å²) in [5.41, 5.74) is 9.28. The van der Waals surface area contributed by atoms with Gasteiger partial charge in [0.2, 0.25) is 5.91 Å². The van der Waals surface area contributed by atoms with Crippen LogP contribution in [0.25, 0.3) is 11.3 Å². The number of thiazole rings is 1. The highest BCUT2D eigenvalue weighted by atomic mass is 35.5. The number of piperidine rings is 1. The van der Waals surface area contributed by atoms with Crippen LogP contribution >= 0.6 is 47.2 Å². The average molecular weight is 526 g/mol. The molecule has 3 N–H and O–H groups in total. The third-order valence-corrected chi connectivity index (χ3v) is 7.11.